The zero-order valence-corrected chi connectivity index (χ0v) is 11.9. The maximum atomic E-state index is 12.0. The van der Waals surface area contributed by atoms with Gasteiger partial charge >= 0.3 is 5.97 Å². The summed E-state index contributed by atoms with van der Waals surface area (Å²) < 4.78 is 5.40. The lowest BCUT2D eigenvalue weighted by Gasteiger charge is -2.47. The molecule has 7 heteroatoms. The number of carbonyl (C=O) groups excluding carboxylic acids is 2. The fourth-order valence-electron chi connectivity index (χ4n) is 1.76. The van der Waals surface area contributed by atoms with Crippen LogP contribution in [0.4, 0.5) is 0 Å². The molecule has 0 bridgehead atoms. The summed E-state index contributed by atoms with van der Waals surface area (Å²) in [7, 11) is -1.94. The molecule has 2 aliphatic rings. The van der Waals surface area contributed by atoms with E-state index in [1.165, 1.54) is 4.90 Å². The highest BCUT2D eigenvalue weighted by atomic mass is 32.2. The smallest absolute Gasteiger partial charge is 0.341 e. The molecule has 2 atom stereocenters. The van der Waals surface area contributed by atoms with Crippen molar-refractivity contribution in [1.29, 1.82) is 0 Å². The molecule has 0 aromatic rings. The summed E-state index contributed by atoms with van der Waals surface area (Å²) in [6, 6.07) is -0.483. The maximum Gasteiger partial charge on any atom is 0.341 e. The van der Waals surface area contributed by atoms with E-state index < -0.39 is 20.3 Å². The highest BCUT2D eigenvalue weighted by molar-refractivity contribution is 8.00. The van der Waals surface area contributed by atoms with Crippen molar-refractivity contribution in [3.05, 3.63) is 11.8 Å². The molecule has 94 valence electrons. The fourth-order valence-corrected chi connectivity index (χ4v) is 3.56. The van der Waals surface area contributed by atoms with E-state index in [0.717, 1.165) is 0 Å². The summed E-state index contributed by atoms with van der Waals surface area (Å²) in [4.78, 5) is 25.0. The maximum absolute atomic E-state index is 12.0. The first kappa shape index (κ1) is 12.7. The highest BCUT2D eigenvalue weighted by Gasteiger charge is 2.50. The van der Waals surface area contributed by atoms with Gasteiger partial charge in [-0.2, -0.15) is 0 Å². The first-order valence-corrected chi connectivity index (χ1v) is 9.91. The molecule has 0 spiro atoms. The molecule has 1 saturated heterocycles. The molecule has 0 aromatic carbocycles. The third kappa shape index (κ3) is 2.27. The van der Waals surface area contributed by atoms with Crippen LogP contribution in [0.5, 0.6) is 0 Å². The molecular weight excluding hydrogens is 256 g/mol. The van der Waals surface area contributed by atoms with Gasteiger partial charge in [0.05, 0.1) is 0 Å². The van der Waals surface area contributed by atoms with Crippen molar-refractivity contribution in [2.45, 2.75) is 31.1 Å². The highest BCUT2D eigenvalue weighted by Crippen LogP contribution is 2.36. The standard InChI is InChI=1S/C10H16N2O3SSi/c1-17(2,3)15-10(14)6-4-5-16-9-7(11)8(13)12(6)9/h4,7,9H,5,11H2,1-3H3/t7?,9-/m0/s1. The van der Waals surface area contributed by atoms with Crippen LogP contribution in [-0.2, 0) is 14.0 Å². The largest absolute Gasteiger partial charge is 0.515 e. The molecule has 2 heterocycles. The summed E-state index contributed by atoms with van der Waals surface area (Å²) in [6.07, 6.45) is 1.74. The molecule has 1 fully saturated rings. The molecule has 0 radical (unpaired) electrons. The topological polar surface area (TPSA) is 72.6 Å². The number of amides is 1. The normalized spacial score (nSPS) is 28.1. The Bertz CT molecular complexity index is 405. The predicted octanol–water partition coefficient (Wildman–Crippen LogP) is 0.491. The molecular formula is C10H16N2O3SSi. The number of hydrogen-bond donors (Lipinski definition) is 1. The molecule has 2 N–H and O–H groups in total. The average molecular weight is 272 g/mol. The van der Waals surface area contributed by atoms with Crippen molar-refractivity contribution >= 4 is 32.0 Å². The summed E-state index contributed by atoms with van der Waals surface area (Å²) in [5, 5.41) is -0.100. The SMILES string of the molecule is C[Si](C)(C)OC(=O)C1=CCS[C@H]2C(N)C(=O)N12. The lowest BCUT2D eigenvalue weighted by molar-refractivity contribution is -0.147. The number of hydrogen-bond acceptors (Lipinski definition) is 5. The molecule has 5 nitrogen and oxygen atoms in total. The van der Waals surface area contributed by atoms with Crippen LogP contribution in [0.3, 0.4) is 0 Å². The first-order chi connectivity index (χ1) is 7.81. The van der Waals surface area contributed by atoms with Gasteiger partial charge < -0.3 is 10.2 Å². The van der Waals surface area contributed by atoms with Crippen LogP contribution in [0.2, 0.25) is 19.6 Å². The summed E-state index contributed by atoms with van der Waals surface area (Å²) in [5.74, 6) is 0.105. The second kappa shape index (κ2) is 4.15. The van der Waals surface area contributed by atoms with E-state index in [1.54, 1.807) is 17.8 Å². The number of nitrogens with two attached hydrogens (primary N) is 1. The van der Waals surface area contributed by atoms with Crippen molar-refractivity contribution in [2.75, 3.05) is 5.75 Å². The predicted molar refractivity (Wildman–Crippen MR) is 68.6 cm³/mol. The Labute approximate surface area is 105 Å². The van der Waals surface area contributed by atoms with Gasteiger partial charge in [-0.25, -0.2) is 4.79 Å². The van der Waals surface area contributed by atoms with Crippen molar-refractivity contribution in [3.8, 4) is 0 Å². The summed E-state index contributed by atoms with van der Waals surface area (Å²) in [6.45, 7) is 5.80. The van der Waals surface area contributed by atoms with Crippen molar-refractivity contribution in [3.63, 3.8) is 0 Å². The van der Waals surface area contributed by atoms with Crippen LogP contribution in [0.15, 0.2) is 11.8 Å². The van der Waals surface area contributed by atoms with E-state index in [-0.39, 0.29) is 11.3 Å². The third-order valence-corrected chi connectivity index (χ3v) is 4.50. The van der Waals surface area contributed by atoms with Gasteiger partial charge in [0, 0.05) is 5.75 Å². The molecule has 2 rings (SSSR count). The molecule has 1 amide bonds. The molecule has 0 aliphatic carbocycles. The number of fused-ring (bicyclic) bond motifs is 1. The van der Waals surface area contributed by atoms with Gasteiger partial charge in [0.25, 0.3) is 0 Å². The second-order valence-corrected chi connectivity index (χ2v) is 10.6. The number of thioether (sulfide) groups is 1. The Morgan fingerprint density at radius 1 is 1.59 bits per heavy atom. The Balaban J connectivity index is 2.14. The zero-order valence-electron chi connectivity index (χ0n) is 10.1. The molecule has 1 unspecified atom stereocenters. The Kier molecular flexibility index (Phi) is 3.09. The van der Waals surface area contributed by atoms with E-state index in [2.05, 4.69) is 0 Å². The van der Waals surface area contributed by atoms with Crippen LogP contribution < -0.4 is 5.73 Å². The van der Waals surface area contributed by atoms with E-state index in [4.69, 9.17) is 10.2 Å². The third-order valence-electron chi connectivity index (χ3n) is 2.50. The van der Waals surface area contributed by atoms with E-state index >= 15 is 0 Å². The van der Waals surface area contributed by atoms with Gasteiger partial charge in [0.15, 0.2) is 0 Å². The van der Waals surface area contributed by atoms with Gasteiger partial charge in [-0.15, -0.1) is 11.8 Å². The lowest BCUT2D eigenvalue weighted by Crippen LogP contribution is -2.68. The van der Waals surface area contributed by atoms with Crippen LogP contribution >= 0.6 is 11.8 Å². The molecule has 0 aromatic heterocycles. The van der Waals surface area contributed by atoms with E-state index in [9.17, 15) is 9.59 Å². The van der Waals surface area contributed by atoms with Gasteiger partial charge in [0.1, 0.15) is 17.1 Å². The number of nitrogens with zero attached hydrogens (tertiary/aromatic N) is 1. The number of rotatable bonds is 2. The quantitative estimate of drug-likeness (QED) is 0.585. The zero-order chi connectivity index (χ0) is 12.8. The van der Waals surface area contributed by atoms with E-state index in [0.29, 0.717) is 11.4 Å². The van der Waals surface area contributed by atoms with Gasteiger partial charge in [0.2, 0.25) is 14.2 Å². The van der Waals surface area contributed by atoms with Crippen molar-refractivity contribution in [1.82, 2.24) is 4.90 Å². The fraction of sp³-hybridized carbons (Fsp3) is 0.600. The minimum absolute atomic E-state index is 0.100. The molecule has 0 saturated carbocycles. The lowest BCUT2D eigenvalue weighted by atomic mass is 10.1. The minimum Gasteiger partial charge on any atom is -0.515 e. The Morgan fingerprint density at radius 2 is 2.24 bits per heavy atom. The molecule has 2 aliphatic heterocycles. The van der Waals surface area contributed by atoms with Crippen LogP contribution in [0.25, 0.3) is 0 Å². The minimum atomic E-state index is -1.94. The first-order valence-electron chi connectivity index (χ1n) is 5.45. The van der Waals surface area contributed by atoms with Gasteiger partial charge in [-0.05, 0) is 25.7 Å². The van der Waals surface area contributed by atoms with Crippen molar-refractivity contribution in [2.24, 2.45) is 5.73 Å². The van der Waals surface area contributed by atoms with Gasteiger partial charge in [-0.1, -0.05) is 0 Å². The number of carbonyl (C=O) groups is 2. The van der Waals surface area contributed by atoms with Crippen LogP contribution in [0, 0.1) is 0 Å². The van der Waals surface area contributed by atoms with Crippen LogP contribution in [-0.4, -0.2) is 42.3 Å². The number of β-lactam (4-membered cyclic amide) rings is 1. The van der Waals surface area contributed by atoms with E-state index in [1.807, 2.05) is 19.6 Å². The second-order valence-electron chi connectivity index (χ2n) is 5.05. The van der Waals surface area contributed by atoms with Crippen LogP contribution in [0.1, 0.15) is 0 Å². The average Bonchev–Trinajstić information content (AvgIpc) is 2.24. The molecule has 17 heavy (non-hydrogen) atoms. The van der Waals surface area contributed by atoms with Gasteiger partial charge in [-0.3, -0.25) is 9.69 Å². The summed E-state index contributed by atoms with van der Waals surface area (Å²) >= 11 is 1.57. The Hall–Kier alpha value is -0.793. The van der Waals surface area contributed by atoms with Crippen molar-refractivity contribution < 1.29 is 14.0 Å². The monoisotopic (exact) mass is 272 g/mol. The summed E-state index contributed by atoms with van der Waals surface area (Å²) in [5.41, 5.74) is 6.05. The Morgan fingerprint density at radius 3 is 2.82 bits per heavy atom.